The third-order valence-electron chi connectivity index (χ3n) is 3.89. The second kappa shape index (κ2) is 4.57. The monoisotopic (exact) mass is 247 g/mol. The predicted octanol–water partition coefficient (Wildman–Crippen LogP) is 0.524. The van der Waals surface area contributed by atoms with Gasteiger partial charge >= 0.3 is 5.97 Å². The number of carbonyl (C=O) groups excluding carboxylic acids is 1. The zero-order valence-electron chi connectivity index (χ0n) is 10.4. The standard InChI is InChI=1S/C13H17N3O2/c1-18-13(17)12-4-11(2-3-15-12)16-7-9-5-14-6-10(9)8-16/h2-4,9-10,14H,5-8H2,1H3. The van der Waals surface area contributed by atoms with E-state index in [0.29, 0.717) is 5.69 Å². The second-order valence-corrected chi connectivity index (χ2v) is 4.97. The molecule has 5 heteroatoms. The summed E-state index contributed by atoms with van der Waals surface area (Å²) in [6, 6.07) is 3.78. The first-order valence-corrected chi connectivity index (χ1v) is 6.28. The first-order valence-electron chi connectivity index (χ1n) is 6.28. The third-order valence-corrected chi connectivity index (χ3v) is 3.89. The maximum absolute atomic E-state index is 11.5. The van der Waals surface area contributed by atoms with Gasteiger partial charge in [-0.15, -0.1) is 0 Å². The van der Waals surface area contributed by atoms with Crippen LogP contribution in [0.15, 0.2) is 18.3 Å². The minimum absolute atomic E-state index is 0.377. The average molecular weight is 247 g/mol. The molecule has 2 saturated heterocycles. The molecule has 3 heterocycles. The number of methoxy groups -OCH3 is 1. The zero-order valence-corrected chi connectivity index (χ0v) is 10.4. The maximum Gasteiger partial charge on any atom is 0.356 e. The lowest BCUT2D eigenvalue weighted by molar-refractivity contribution is 0.0594. The van der Waals surface area contributed by atoms with E-state index in [1.807, 2.05) is 12.1 Å². The molecule has 2 unspecified atom stereocenters. The molecule has 2 aliphatic heterocycles. The van der Waals surface area contributed by atoms with Gasteiger partial charge in [-0.05, 0) is 24.0 Å². The van der Waals surface area contributed by atoms with Gasteiger partial charge in [-0.25, -0.2) is 9.78 Å². The number of hydrogen-bond acceptors (Lipinski definition) is 5. The van der Waals surface area contributed by atoms with Crippen LogP contribution in [0.5, 0.6) is 0 Å². The van der Waals surface area contributed by atoms with Crippen molar-refractivity contribution in [3.63, 3.8) is 0 Å². The van der Waals surface area contributed by atoms with Crippen molar-refractivity contribution in [3.05, 3.63) is 24.0 Å². The smallest absolute Gasteiger partial charge is 0.356 e. The van der Waals surface area contributed by atoms with E-state index in [0.717, 1.165) is 43.7 Å². The van der Waals surface area contributed by atoms with Gasteiger partial charge in [0.25, 0.3) is 0 Å². The maximum atomic E-state index is 11.5. The number of nitrogens with one attached hydrogen (secondary N) is 1. The first kappa shape index (κ1) is 11.5. The highest BCUT2D eigenvalue weighted by Gasteiger charge is 2.36. The van der Waals surface area contributed by atoms with E-state index in [1.165, 1.54) is 7.11 Å². The molecule has 5 nitrogen and oxygen atoms in total. The Morgan fingerprint density at radius 1 is 1.44 bits per heavy atom. The number of anilines is 1. The van der Waals surface area contributed by atoms with Crippen LogP contribution in [0.4, 0.5) is 5.69 Å². The molecule has 0 saturated carbocycles. The van der Waals surface area contributed by atoms with Crippen LogP contribution in [0.25, 0.3) is 0 Å². The number of rotatable bonds is 2. The summed E-state index contributed by atoms with van der Waals surface area (Å²) >= 11 is 0. The average Bonchev–Trinajstić information content (AvgIpc) is 2.98. The molecule has 2 fully saturated rings. The summed E-state index contributed by atoms with van der Waals surface area (Å²) in [5.74, 6) is 1.09. The molecular formula is C13H17N3O2. The van der Waals surface area contributed by atoms with Crippen LogP contribution in [0.3, 0.4) is 0 Å². The van der Waals surface area contributed by atoms with E-state index < -0.39 is 0 Å². The van der Waals surface area contributed by atoms with Crippen molar-refractivity contribution in [2.45, 2.75) is 0 Å². The molecule has 0 aromatic carbocycles. The van der Waals surface area contributed by atoms with E-state index in [2.05, 4.69) is 15.2 Å². The van der Waals surface area contributed by atoms with Crippen LogP contribution in [-0.2, 0) is 4.74 Å². The highest BCUT2D eigenvalue weighted by Crippen LogP contribution is 2.30. The number of pyridine rings is 1. The Morgan fingerprint density at radius 2 is 2.17 bits per heavy atom. The van der Waals surface area contributed by atoms with Crippen LogP contribution in [-0.4, -0.2) is 44.2 Å². The van der Waals surface area contributed by atoms with E-state index in [-0.39, 0.29) is 5.97 Å². The molecule has 0 radical (unpaired) electrons. The van der Waals surface area contributed by atoms with Gasteiger partial charge in [0, 0.05) is 38.1 Å². The SMILES string of the molecule is COC(=O)c1cc(N2CC3CNCC3C2)ccn1. The summed E-state index contributed by atoms with van der Waals surface area (Å²) in [5.41, 5.74) is 1.45. The Labute approximate surface area is 106 Å². The number of carbonyl (C=O) groups is 1. The van der Waals surface area contributed by atoms with Gasteiger partial charge < -0.3 is 15.0 Å². The van der Waals surface area contributed by atoms with Crippen LogP contribution >= 0.6 is 0 Å². The van der Waals surface area contributed by atoms with Gasteiger partial charge in [-0.3, -0.25) is 0 Å². The normalized spacial score (nSPS) is 26.2. The fourth-order valence-electron chi connectivity index (χ4n) is 2.90. The Morgan fingerprint density at radius 3 is 2.83 bits per heavy atom. The lowest BCUT2D eigenvalue weighted by atomic mass is 10.0. The number of hydrogen-bond donors (Lipinski definition) is 1. The van der Waals surface area contributed by atoms with Crippen molar-refractivity contribution in [2.75, 3.05) is 38.2 Å². The number of fused-ring (bicyclic) bond motifs is 1. The molecule has 3 rings (SSSR count). The van der Waals surface area contributed by atoms with Gasteiger partial charge in [0.05, 0.1) is 7.11 Å². The molecule has 18 heavy (non-hydrogen) atoms. The Bertz CT molecular complexity index is 451. The molecule has 2 atom stereocenters. The van der Waals surface area contributed by atoms with E-state index in [9.17, 15) is 4.79 Å². The van der Waals surface area contributed by atoms with Crippen molar-refractivity contribution in [2.24, 2.45) is 11.8 Å². The first-order chi connectivity index (χ1) is 8.78. The van der Waals surface area contributed by atoms with Gasteiger partial charge in [0.2, 0.25) is 0 Å². The van der Waals surface area contributed by atoms with Gasteiger partial charge in [-0.1, -0.05) is 0 Å². The number of nitrogens with zero attached hydrogens (tertiary/aromatic N) is 2. The largest absolute Gasteiger partial charge is 0.464 e. The summed E-state index contributed by atoms with van der Waals surface area (Å²) in [7, 11) is 1.38. The lowest BCUT2D eigenvalue weighted by Gasteiger charge is -2.19. The van der Waals surface area contributed by atoms with Crippen molar-refractivity contribution in [1.82, 2.24) is 10.3 Å². The molecular weight excluding hydrogens is 230 g/mol. The lowest BCUT2D eigenvalue weighted by Crippen LogP contribution is -2.25. The fraction of sp³-hybridized carbons (Fsp3) is 0.538. The van der Waals surface area contributed by atoms with Crippen LogP contribution in [0.2, 0.25) is 0 Å². The van der Waals surface area contributed by atoms with Gasteiger partial charge in [0.15, 0.2) is 0 Å². The Kier molecular flexibility index (Phi) is 2.91. The van der Waals surface area contributed by atoms with Gasteiger partial charge in [0.1, 0.15) is 5.69 Å². The molecule has 0 bridgehead atoms. The van der Waals surface area contributed by atoms with E-state index in [4.69, 9.17) is 4.74 Å². The summed E-state index contributed by atoms with van der Waals surface area (Å²) in [4.78, 5) is 17.8. The molecule has 2 aliphatic rings. The van der Waals surface area contributed by atoms with Crippen LogP contribution in [0.1, 0.15) is 10.5 Å². The van der Waals surface area contributed by atoms with E-state index in [1.54, 1.807) is 6.20 Å². The molecule has 1 aromatic heterocycles. The second-order valence-electron chi connectivity index (χ2n) is 4.97. The molecule has 1 N–H and O–H groups in total. The Hall–Kier alpha value is -1.62. The minimum Gasteiger partial charge on any atom is -0.464 e. The predicted molar refractivity (Wildman–Crippen MR) is 67.6 cm³/mol. The summed E-state index contributed by atoms with van der Waals surface area (Å²) < 4.78 is 4.70. The summed E-state index contributed by atoms with van der Waals surface area (Å²) in [6.45, 7) is 4.33. The number of ether oxygens (including phenoxy) is 1. The number of esters is 1. The highest BCUT2D eigenvalue weighted by molar-refractivity contribution is 5.88. The van der Waals surface area contributed by atoms with Crippen molar-refractivity contribution < 1.29 is 9.53 Å². The third kappa shape index (κ3) is 1.95. The minimum atomic E-state index is -0.377. The van der Waals surface area contributed by atoms with Crippen LogP contribution in [0, 0.1) is 11.8 Å². The van der Waals surface area contributed by atoms with Gasteiger partial charge in [-0.2, -0.15) is 0 Å². The molecule has 1 aromatic rings. The molecule has 96 valence electrons. The zero-order chi connectivity index (χ0) is 12.5. The number of aromatic nitrogens is 1. The molecule has 0 amide bonds. The summed E-state index contributed by atoms with van der Waals surface area (Å²) in [6.07, 6.45) is 1.67. The Balaban J connectivity index is 1.79. The fourth-order valence-corrected chi connectivity index (χ4v) is 2.90. The highest BCUT2D eigenvalue weighted by atomic mass is 16.5. The van der Waals surface area contributed by atoms with Crippen LogP contribution < -0.4 is 10.2 Å². The van der Waals surface area contributed by atoms with Crippen molar-refractivity contribution in [1.29, 1.82) is 0 Å². The molecule has 0 aliphatic carbocycles. The quantitative estimate of drug-likeness (QED) is 0.772. The van der Waals surface area contributed by atoms with Crippen molar-refractivity contribution >= 4 is 11.7 Å². The van der Waals surface area contributed by atoms with Crippen molar-refractivity contribution in [3.8, 4) is 0 Å². The molecule has 0 spiro atoms. The van der Waals surface area contributed by atoms with E-state index >= 15 is 0 Å². The summed E-state index contributed by atoms with van der Waals surface area (Å²) in [5, 5.41) is 3.42. The topological polar surface area (TPSA) is 54.5 Å².